The maximum absolute atomic E-state index is 13.0. The molecule has 2 rings (SSSR count). The number of methoxy groups -OCH3 is 1. The molecule has 0 aliphatic heterocycles. The van der Waals surface area contributed by atoms with E-state index >= 15 is 0 Å². The first-order chi connectivity index (χ1) is 11.0. The van der Waals surface area contributed by atoms with Gasteiger partial charge in [0.2, 0.25) is 5.91 Å². The number of hydrogen-bond donors (Lipinski definition) is 1. The molecule has 1 N–H and O–H groups in total. The first-order valence-corrected chi connectivity index (χ1v) is 8.98. The zero-order valence-corrected chi connectivity index (χ0v) is 15.1. The molecule has 23 heavy (non-hydrogen) atoms. The van der Waals surface area contributed by atoms with Crippen LogP contribution in [0.3, 0.4) is 0 Å². The van der Waals surface area contributed by atoms with E-state index in [2.05, 4.69) is 10.4 Å². The van der Waals surface area contributed by atoms with Gasteiger partial charge in [-0.2, -0.15) is 0 Å². The van der Waals surface area contributed by atoms with Crippen LogP contribution in [0, 0.1) is 9.77 Å². The van der Waals surface area contributed by atoms with Gasteiger partial charge in [-0.1, -0.05) is 23.1 Å². The fraction of sp³-hybridized carbons (Fsp3) is 0.357. The van der Waals surface area contributed by atoms with Crippen LogP contribution in [-0.2, 0) is 9.53 Å². The molecule has 124 valence electrons. The minimum Gasteiger partial charge on any atom is -0.383 e. The Labute approximate surface area is 146 Å². The molecule has 0 unspecified atom stereocenters. The van der Waals surface area contributed by atoms with Gasteiger partial charge in [-0.3, -0.25) is 4.79 Å². The topological polar surface area (TPSA) is 56.1 Å². The van der Waals surface area contributed by atoms with Crippen molar-refractivity contribution in [2.45, 2.75) is 17.3 Å². The minimum atomic E-state index is -0.313. The number of hydrogen-bond acceptors (Lipinski definition) is 6. The number of nitrogens with one attached hydrogen (secondary N) is 1. The van der Waals surface area contributed by atoms with Gasteiger partial charge < -0.3 is 10.1 Å². The van der Waals surface area contributed by atoms with E-state index in [1.165, 1.54) is 35.2 Å². The lowest BCUT2D eigenvalue weighted by atomic mass is 10.3. The molecule has 0 saturated carbocycles. The van der Waals surface area contributed by atoms with Gasteiger partial charge in [0.15, 0.2) is 8.29 Å². The third-order valence-corrected chi connectivity index (χ3v) is 5.12. The first-order valence-electron chi connectivity index (χ1n) is 6.77. The molecular formula is C14H16FN3O2S3. The number of aromatic nitrogens is 2. The van der Waals surface area contributed by atoms with Crippen LogP contribution in [0.5, 0.6) is 0 Å². The second kappa shape index (κ2) is 8.53. The van der Waals surface area contributed by atoms with E-state index in [-0.39, 0.29) is 23.5 Å². The van der Waals surface area contributed by atoms with Crippen molar-refractivity contribution in [2.75, 3.05) is 19.5 Å². The molecule has 0 saturated heterocycles. The number of ether oxygens (including phenoxy) is 1. The van der Waals surface area contributed by atoms with Crippen LogP contribution in [0.1, 0.15) is 6.92 Å². The van der Waals surface area contributed by atoms with Crippen LogP contribution in [0.25, 0.3) is 5.69 Å². The number of carbonyl (C=O) groups is 1. The predicted octanol–water partition coefficient (Wildman–Crippen LogP) is 3.05. The van der Waals surface area contributed by atoms with E-state index in [0.717, 1.165) is 0 Å². The Balaban J connectivity index is 1.97. The average molecular weight is 374 g/mol. The van der Waals surface area contributed by atoms with Gasteiger partial charge >= 0.3 is 0 Å². The van der Waals surface area contributed by atoms with Crippen LogP contribution in [0.2, 0.25) is 0 Å². The Morgan fingerprint density at radius 3 is 2.87 bits per heavy atom. The highest BCUT2D eigenvalue weighted by molar-refractivity contribution is 8.01. The lowest BCUT2D eigenvalue weighted by Crippen LogP contribution is -2.36. The molecule has 0 radical (unpaired) electrons. The highest BCUT2D eigenvalue weighted by Gasteiger charge is 2.11. The van der Waals surface area contributed by atoms with Gasteiger partial charge in [0.25, 0.3) is 0 Å². The molecule has 1 amide bonds. The zero-order chi connectivity index (χ0) is 16.8. The van der Waals surface area contributed by atoms with E-state index in [9.17, 15) is 9.18 Å². The normalized spacial score (nSPS) is 12.1. The summed E-state index contributed by atoms with van der Waals surface area (Å²) < 4.78 is 20.7. The summed E-state index contributed by atoms with van der Waals surface area (Å²) in [5.41, 5.74) is 0.692. The molecule has 0 aliphatic carbocycles. The smallest absolute Gasteiger partial charge is 0.230 e. The zero-order valence-electron chi connectivity index (χ0n) is 12.6. The molecule has 1 aromatic carbocycles. The summed E-state index contributed by atoms with van der Waals surface area (Å²) in [6, 6.07) is 5.89. The Morgan fingerprint density at radius 1 is 1.52 bits per heavy atom. The summed E-state index contributed by atoms with van der Waals surface area (Å²) >= 11 is 7.90. The van der Waals surface area contributed by atoms with Gasteiger partial charge in [-0.05, 0) is 43.4 Å². The number of nitrogens with zero attached hydrogens (tertiary/aromatic N) is 2. The average Bonchev–Trinajstić information content (AvgIpc) is 2.87. The van der Waals surface area contributed by atoms with Crippen molar-refractivity contribution >= 4 is 41.2 Å². The van der Waals surface area contributed by atoms with Crippen molar-refractivity contribution in [2.24, 2.45) is 0 Å². The van der Waals surface area contributed by atoms with E-state index in [0.29, 0.717) is 20.6 Å². The SMILES string of the molecule is COC[C@@H](C)NC(=O)CSc1nn(-c2ccc(F)cc2)c(=S)s1. The monoisotopic (exact) mass is 373 g/mol. The second-order valence-corrected chi connectivity index (χ2v) is 7.58. The fourth-order valence-electron chi connectivity index (χ4n) is 1.80. The summed E-state index contributed by atoms with van der Waals surface area (Å²) in [4.78, 5) is 11.8. The molecule has 0 spiro atoms. The molecule has 1 heterocycles. The number of benzene rings is 1. The van der Waals surface area contributed by atoms with E-state index in [1.54, 1.807) is 23.9 Å². The highest BCUT2D eigenvalue weighted by Crippen LogP contribution is 2.24. The van der Waals surface area contributed by atoms with E-state index in [1.807, 2.05) is 6.92 Å². The molecule has 0 aliphatic rings. The molecule has 1 aromatic heterocycles. The van der Waals surface area contributed by atoms with Gasteiger partial charge in [-0.25, -0.2) is 9.07 Å². The molecule has 0 bridgehead atoms. The number of halogens is 1. The predicted molar refractivity (Wildman–Crippen MR) is 92.4 cm³/mol. The number of thioether (sulfide) groups is 1. The van der Waals surface area contributed by atoms with E-state index < -0.39 is 0 Å². The van der Waals surface area contributed by atoms with Crippen LogP contribution in [0.15, 0.2) is 28.6 Å². The summed E-state index contributed by atoms with van der Waals surface area (Å²) in [6.45, 7) is 2.34. The maximum atomic E-state index is 13.0. The van der Waals surface area contributed by atoms with Gasteiger partial charge in [0.05, 0.1) is 18.0 Å². The summed E-state index contributed by atoms with van der Waals surface area (Å²) in [6.07, 6.45) is 0. The third-order valence-electron chi connectivity index (χ3n) is 2.75. The van der Waals surface area contributed by atoms with Gasteiger partial charge in [0, 0.05) is 13.2 Å². The molecular weight excluding hydrogens is 357 g/mol. The molecule has 1 atom stereocenters. The fourth-order valence-corrected chi connectivity index (χ4v) is 3.97. The lowest BCUT2D eigenvalue weighted by molar-refractivity contribution is -0.119. The lowest BCUT2D eigenvalue weighted by Gasteiger charge is -2.11. The van der Waals surface area contributed by atoms with E-state index in [4.69, 9.17) is 17.0 Å². The molecule has 5 nitrogen and oxygen atoms in total. The standard InChI is InChI=1S/C14H16FN3O2S3/c1-9(7-20-2)16-12(19)8-22-13-17-18(14(21)23-13)11-5-3-10(15)4-6-11/h3-6,9H,7-8H2,1-2H3,(H,16,19)/t9-/m1/s1. The van der Waals surface area contributed by atoms with Gasteiger partial charge in [-0.15, -0.1) is 5.10 Å². The summed E-state index contributed by atoms with van der Waals surface area (Å²) in [5, 5.41) is 7.19. The molecule has 0 fully saturated rings. The van der Waals surface area contributed by atoms with Crippen molar-refractivity contribution in [3.63, 3.8) is 0 Å². The first kappa shape index (κ1) is 18.1. The molecule has 9 heteroatoms. The summed E-state index contributed by atoms with van der Waals surface area (Å²) in [5.74, 6) is -0.152. The summed E-state index contributed by atoms with van der Waals surface area (Å²) in [7, 11) is 1.59. The quantitative estimate of drug-likeness (QED) is 0.597. The van der Waals surface area contributed by atoms with Crippen LogP contribution < -0.4 is 5.32 Å². The van der Waals surface area contributed by atoms with Crippen molar-refractivity contribution < 1.29 is 13.9 Å². The highest BCUT2D eigenvalue weighted by atomic mass is 32.2. The Bertz CT molecular complexity index is 715. The Kier molecular flexibility index (Phi) is 6.70. The molecule has 2 aromatic rings. The largest absolute Gasteiger partial charge is 0.383 e. The van der Waals surface area contributed by atoms with Crippen molar-refractivity contribution in [1.82, 2.24) is 15.1 Å². The van der Waals surface area contributed by atoms with Crippen molar-refractivity contribution in [3.05, 3.63) is 34.0 Å². The van der Waals surface area contributed by atoms with Gasteiger partial charge in [0.1, 0.15) is 5.82 Å². The number of carbonyl (C=O) groups excluding carboxylic acids is 1. The number of amides is 1. The van der Waals surface area contributed by atoms with Crippen molar-refractivity contribution in [1.29, 1.82) is 0 Å². The second-order valence-electron chi connectivity index (χ2n) is 4.73. The maximum Gasteiger partial charge on any atom is 0.230 e. The Morgan fingerprint density at radius 2 is 2.22 bits per heavy atom. The minimum absolute atomic E-state index is 0.0388. The Hall–Kier alpha value is -1.29. The van der Waals surface area contributed by atoms with Crippen LogP contribution >= 0.6 is 35.3 Å². The van der Waals surface area contributed by atoms with Crippen LogP contribution in [0.4, 0.5) is 4.39 Å². The van der Waals surface area contributed by atoms with Crippen molar-refractivity contribution in [3.8, 4) is 5.69 Å². The number of rotatable bonds is 7. The van der Waals surface area contributed by atoms with Crippen LogP contribution in [-0.4, -0.2) is 41.2 Å². The third kappa shape index (κ3) is 5.38.